The second-order valence-electron chi connectivity index (χ2n) is 0. The van der Waals surface area contributed by atoms with E-state index in [0.717, 1.165) is 0 Å². The van der Waals surface area contributed by atoms with E-state index in [1.807, 2.05) is 0 Å². The molecular weight excluding hydrogens is 160 g/mol. The topological polar surface area (TPSA) is 47.6 Å². The Hall–Kier alpha value is -0.280. The molecule has 0 aromatic carbocycles. The van der Waals surface area contributed by atoms with Gasteiger partial charge in [-0.05, 0) is 0 Å². The molecule has 0 aromatic rings. The van der Waals surface area contributed by atoms with E-state index in [4.69, 9.17) is 23.7 Å². The summed E-state index contributed by atoms with van der Waals surface area (Å²) in [6, 6.07) is 0. The smallest absolute Gasteiger partial charge is 0.512 e. The SMILES string of the molecule is [Ag+].[C-]#N.[C-]#N. The standard InChI is InChI=1S/2CN.Ag/c2*1-2;/q2*-1;+1. The average Bonchev–Trinajstić information content (AvgIpc) is 1.50. The first kappa shape index (κ1) is 22.1. The first-order valence-corrected chi connectivity index (χ1v) is 0.447. The van der Waals surface area contributed by atoms with Gasteiger partial charge in [-0.3, -0.25) is 0 Å². The molecular formula is C2AgN2-. The molecule has 0 atom stereocenters. The Morgan fingerprint density at radius 2 is 0.800 bits per heavy atom. The van der Waals surface area contributed by atoms with Crippen LogP contribution >= 0.6 is 0 Å². The quantitative estimate of drug-likeness (QED) is 0.375. The first-order chi connectivity index (χ1) is 2.00. The minimum atomic E-state index is 0. The molecule has 0 rings (SSSR count). The molecule has 0 aromatic heterocycles. The van der Waals surface area contributed by atoms with Gasteiger partial charge < -0.3 is 23.7 Å². The van der Waals surface area contributed by atoms with E-state index in [0.29, 0.717) is 0 Å². The van der Waals surface area contributed by atoms with E-state index >= 15 is 0 Å². The molecule has 0 radical (unpaired) electrons. The number of rotatable bonds is 0. The van der Waals surface area contributed by atoms with Gasteiger partial charge in [0.15, 0.2) is 0 Å². The molecule has 0 saturated carbocycles. The molecule has 0 heterocycles. The van der Waals surface area contributed by atoms with Crippen molar-refractivity contribution in [2.45, 2.75) is 0 Å². The molecule has 0 spiro atoms. The average molecular weight is 160 g/mol. The zero-order valence-electron chi connectivity index (χ0n) is 2.20. The van der Waals surface area contributed by atoms with Gasteiger partial charge in [-0.2, -0.15) is 0 Å². The summed E-state index contributed by atoms with van der Waals surface area (Å²) in [5.74, 6) is 0. The molecule has 0 aliphatic heterocycles. The van der Waals surface area contributed by atoms with Crippen LogP contribution in [0.3, 0.4) is 0 Å². The fourth-order valence-corrected chi connectivity index (χ4v) is 0. The molecule has 0 saturated heterocycles. The van der Waals surface area contributed by atoms with Crippen molar-refractivity contribution in [2.24, 2.45) is 0 Å². The van der Waals surface area contributed by atoms with Crippen LogP contribution < -0.4 is 0 Å². The van der Waals surface area contributed by atoms with Crippen molar-refractivity contribution < 1.29 is 22.4 Å². The van der Waals surface area contributed by atoms with Crippen LogP contribution in [-0.2, 0) is 22.4 Å². The Labute approximate surface area is 46.5 Å². The van der Waals surface area contributed by atoms with Crippen LogP contribution in [-0.4, -0.2) is 0 Å². The van der Waals surface area contributed by atoms with Crippen molar-refractivity contribution in [1.29, 1.82) is 10.5 Å². The monoisotopic (exact) mass is 159 g/mol. The van der Waals surface area contributed by atoms with Crippen molar-refractivity contribution in [3.05, 3.63) is 13.1 Å². The maximum Gasteiger partial charge on any atom is 1.00 e. The third-order valence-corrected chi connectivity index (χ3v) is 0. The van der Waals surface area contributed by atoms with Gasteiger partial charge >= 0.3 is 22.4 Å². The van der Waals surface area contributed by atoms with Crippen molar-refractivity contribution >= 4 is 0 Å². The molecule has 0 aliphatic carbocycles. The summed E-state index contributed by atoms with van der Waals surface area (Å²) in [5, 5.41) is 12.5. The molecule has 0 N–H and O–H groups in total. The molecule has 5 heavy (non-hydrogen) atoms. The summed E-state index contributed by atoms with van der Waals surface area (Å²) in [5.41, 5.74) is 0. The summed E-state index contributed by atoms with van der Waals surface area (Å²) >= 11 is 0. The van der Waals surface area contributed by atoms with Gasteiger partial charge in [0.05, 0.1) is 0 Å². The molecule has 0 unspecified atom stereocenters. The second kappa shape index (κ2) is 352. The Balaban J connectivity index is -0.0000000133. The number of nitrogens with zero attached hydrogens (tertiary/aromatic N) is 2. The predicted molar refractivity (Wildman–Crippen MR) is 9.94 cm³/mol. The van der Waals surface area contributed by atoms with Crippen LogP contribution in [0.15, 0.2) is 0 Å². The minimum Gasteiger partial charge on any atom is -0.512 e. The third-order valence-electron chi connectivity index (χ3n) is 0. The number of hydrogen-bond acceptors (Lipinski definition) is 2. The van der Waals surface area contributed by atoms with Gasteiger partial charge in [0, 0.05) is 0 Å². The second-order valence-corrected chi connectivity index (χ2v) is 0. The zero-order chi connectivity index (χ0) is 4.00. The van der Waals surface area contributed by atoms with Crippen LogP contribution in [0.2, 0.25) is 0 Å². The molecule has 2 nitrogen and oxygen atoms in total. The van der Waals surface area contributed by atoms with E-state index in [-0.39, 0.29) is 22.4 Å². The fourth-order valence-electron chi connectivity index (χ4n) is 0. The van der Waals surface area contributed by atoms with Gasteiger partial charge in [0.2, 0.25) is 0 Å². The van der Waals surface area contributed by atoms with Crippen molar-refractivity contribution in [2.75, 3.05) is 0 Å². The molecule has 0 amide bonds. The van der Waals surface area contributed by atoms with Crippen molar-refractivity contribution in [3.8, 4) is 0 Å². The van der Waals surface area contributed by atoms with Gasteiger partial charge in [-0.1, -0.05) is 0 Å². The van der Waals surface area contributed by atoms with E-state index in [9.17, 15) is 0 Å². The van der Waals surface area contributed by atoms with Crippen molar-refractivity contribution in [1.82, 2.24) is 0 Å². The van der Waals surface area contributed by atoms with E-state index < -0.39 is 0 Å². The Kier molecular flexibility index (Phi) is 1550. The van der Waals surface area contributed by atoms with E-state index in [2.05, 4.69) is 0 Å². The fraction of sp³-hybridized carbons (Fsp3) is 0. The largest absolute Gasteiger partial charge is 1.00 e. The van der Waals surface area contributed by atoms with Crippen LogP contribution in [0.25, 0.3) is 0 Å². The molecule has 0 aliphatic rings. The Bertz CT molecular complexity index is 23.1. The summed E-state index contributed by atoms with van der Waals surface area (Å²) in [6.45, 7) is 9.50. The van der Waals surface area contributed by atoms with Gasteiger partial charge in [0.25, 0.3) is 0 Å². The molecule has 30 valence electrons. The van der Waals surface area contributed by atoms with E-state index in [1.165, 1.54) is 0 Å². The molecule has 0 bridgehead atoms. The van der Waals surface area contributed by atoms with Gasteiger partial charge in [-0.15, -0.1) is 0 Å². The third kappa shape index (κ3) is 141. The summed E-state index contributed by atoms with van der Waals surface area (Å²) in [7, 11) is 0. The normalized spacial score (nSPS) is 0.800. The van der Waals surface area contributed by atoms with Gasteiger partial charge in [0.1, 0.15) is 0 Å². The van der Waals surface area contributed by atoms with Gasteiger partial charge in [-0.25, -0.2) is 0 Å². The van der Waals surface area contributed by atoms with Crippen LogP contribution in [0, 0.1) is 23.7 Å². The van der Waals surface area contributed by atoms with Crippen LogP contribution in [0.1, 0.15) is 0 Å². The molecule has 0 fully saturated rings. The predicted octanol–water partition coefficient (Wildman–Crippen LogP) is 0.190. The summed E-state index contributed by atoms with van der Waals surface area (Å²) in [4.78, 5) is 0. The first-order valence-electron chi connectivity index (χ1n) is 0.447. The molecule has 3 heteroatoms. The number of hydrogen-bond donors (Lipinski definition) is 0. The van der Waals surface area contributed by atoms with E-state index in [1.54, 1.807) is 0 Å². The maximum atomic E-state index is 6.25. The zero-order valence-corrected chi connectivity index (χ0v) is 3.68. The Morgan fingerprint density at radius 1 is 0.800 bits per heavy atom. The summed E-state index contributed by atoms with van der Waals surface area (Å²) < 4.78 is 0. The minimum absolute atomic E-state index is 0. The van der Waals surface area contributed by atoms with Crippen LogP contribution in [0.4, 0.5) is 0 Å². The summed E-state index contributed by atoms with van der Waals surface area (Å²) in [6.07, 6.45) is 0. The van der Waals surface area contributed by atoms with Crippen molar-refractivity contribution in [3.63, 3.8) is 0 Å². The van der Waals surface area contributed by atoms with Crippen LogP contribution in [0.5, 0.6) is 0 Å². The Morgan fingerprint density at radius 3 is 0.800 bits per heavy atom. The maximum absolute atomic E-state index is 6.25.